The van der Waals surface area contributed by atoms with Gasteiger partial charge < -0.3 is 10.1 Å². The van der Waals surface area contributed by atoms with Crippen molar-refractivity contribution in [1.82, 2.24) is 5.32 Å². The zero-order chi connectivity index (χ0) is 9.68. The first kappa shape index (κ1) is 10.6. The molecule has 13 heavy (non-hydrogen) atoms. The Morgan fingerprint density at radius 3 is 2.69 bits per heavy atom. The van der Waals surface area contributed by atoms with Gasteiger partial charge in [-0.25, -0.2) is 0 Å². The van der Waals surface area contributed by atoms with Crippen molar-refractivity contribution in [2.75, 3.05) is 13.6 Å². The van der Waals surface area contributed by atoms with E-state index in [4.69, 9.17) is 11.2 Å². The first-order chi connectivity index (χ1) is 6.29. The molecule has 1 N–H and O–H groups in total. The molecule has 0 aromatic heterocycles. The molecule has 0 aromatic rings. The molecule has 0 aliphatic carbocycles. The maximum Gasteiger partial charge on any atom is 0.0975 e. The zero-order valence-electron chi connectivity index (χ0n) is 8.55. The van der Waals surface area contributed by atoms with Crippen LogP contribution in [0.3, 0.4) is 0 Å². The fraction of sp³-hybridized carbons (Fsp3) is 0.818. The van der Waals surface area contributed by atoms with E-state index >= 15 is 0 Å². The minimum atomic E-state index is 0.340. The lowest BCUT2D eigenvalue weighted by Crippen LogP contribution is -2.11. The summed E-state index contributed by atoms with van der Waals surface area (Å²) >= 11 is 0. The van der Waals surface area contributed by atoms with Crippen LogP contribution < -0.4 is 5.32 Å². The van der Waals surface area contributed by atoms with E-state index in [1.807, 2.05) is 7.05 Å². The fourth-order valence-corrected chi connectivity index (χ4v) is 1.63. The number of epoxide rings is 1. The molecule has 0 saturated carbocycles. The molecule has 1 saturated heterocycles. The highest BCUT2D eigenvalue weighted by Gasteiger charge is 2.39. The van der Waals surface area contributed by atoms with E-state index in [1.165, 1.54) is 12.8 Å². The Labute approximate surface area is 81.0 Å². The summed E-state index contributed by atoms with van der Waals surface area (Å²) in [6.45, 7) is 3.17. The normalized spacial score (nSPS) is 28.1. The Morgan fingerprint density at radius 2 is 2.23 bits per heavy atom. The van der Waals surface area contributed by atoms with E-state index in [0.717, 1.165) is 13.0 Å². The fourth-order valence-electron chi connectivity index (χ4n) is 1.63. The third kappa shape index (κ3) is 3.38. The van der Waals surface area contributed by atoms with E-state index in [9.17, 15) is 0 Å². The van der Waals surface area contributed by atoms with E-state index < -0.39 is 0 Å². The Balaban J connectivity index is 2.08. The number of rotatable bonds is 6. The zero-order valence-corrected chi connectivity index (χ0v) is 8.55. The molecule has 2 nitrogen and oxygen atoms in total. The summed E-state index contributed by atoms with van der Waals surface area (Å²) in [7, 11) is 1.98. The smallest absolute Gasteiger partial charge is 0.0975 e. The van der Waals surface area contributed by atoms with Gasteiger partial charge in [-0.05, 0) is 33.4 Å². The molecule has 1 rings (SSSR count). The quantitative estimate of drug-likeness (QED) is 0.381. The predicted octanol–water partition coefficient (Wildman–Crippen LogP) is 1.41. The molecule has 0 amide bonds. The second kappa shape index (κ2) is 5.26. The van der Waals surface area contributed by atoms with Gasteiger partial charge in [-0.15, -0.1) is 12.3 Å². The van der Waals surface area contributed by atoms with Crippen LogP contribution in [-0.4, -0.2) is 25.8 Å². The number of hydrogen-bond donors (Lipinski definition) is 1. The number of hydrogen-bond acceptors (Lipinski definition) is 2. The Bertz CT molecular complexity index is 185. The van der Waals surface area contributed by atoms with Crippen molar-refractivity contribution in [3.8, 4) is 12.3 Å². The van der Waals surface area contributed by atoms with Gasteiger partial charge in [0, 0.05) is 5.92 Å². The van der Waals surface area contributed by atoms with Crippen molar-refractivity contribution >= 4 is 0 Å². The minimum Gasteiger partial charge on any atom is -0.369 e. The molecular weight excluding hydrogens is 162 g/mol. The third-order valence-electron chi connectivity index (χ3n) is 2.56. The molecule has 3 atom stereocenters. The topological polar surface area (TPSA) is 24.6 Å². The summed E-state index contributed by atoms with van der Waals surface area (Å²) < 4.78 is 5.37. The van der Waals surface area contributed by atoms with Crippen molar-refractivity contribution in [3.63, 3.8) is 0 Å². The molecule has 0 radical (unpaired) electrons. The van der Waals surface area contributed by atoms with Crippen molar-refractivity contribution < 1.29 is 4.74 Å². The van der Waals surface area contributed by atoms with Crippen molar-refractivity contribution in [2.45, 2.75) is 38.4 Å². The van der Waals surface area contributed by atoms with Crippen LogP contribution in [-0.2, 0) is 4.74 Å². The summed E-state index contributed by atoms with van der Waals surface area (Å²) in [6.07, 6.45) is 9.69. The van der Waals surface area contributed by atoms with Crippen molar-refractivity contribution in [2.24, 2.45) is 5.92 Å². The molecule has 1 unspecified atom stereocenters. The summed E-state index contributed by atoms with van der Waals surface area (Å²) in [5, 5.41) is 3.13. The van der Waals surface area contributed by atoms with Gasteiger partial charge in [-0.3, -0.25) is 0 Å². The third-order valence-corrected chi connectivity index (χ3v) is 2.56. The molecule has 1 fully saturated rings. The molecule has 0 spiro atoms. The molecule has 1 aliphatic rings. The van der Waals surface area contributed by atoms with Crippen LogP contribution in [0.2, 0.25) is 0 Å². The average molecular weight is 181 g/mol. The minimum absolute atomic E-state index is 0.340. The van der Waals surface area contributed by atoms with Gasteiger partial charge in [-0.2, -0.15) is 0 Å². The maximum atomic E-state index is 5.45. The second-order valence-corrected chi connectivity index (χ2v) is 3.68. The Kier molecular flexibility index (Phi) is 4.27. The van der Waals surface area contributed by atoms with E-state index in [-0.39, 0.29) is 0 Å². The van der Waals surface area contributed by atoms with Gasteiger partial charge >= 0.3 is 0 Å². The standard InChI is InChI=1S/C11H19NO/c1-4-10(11-9(2)13-11)7-5-6-8-12-3/h1,9-12H,5-8H2,2-3H3/t9?,10-,11-/m1/s1. The van der Waals surface area contributed by atoms with E-state index in [2.05, 4.69) is 18.2 Å². The lowest BCUT2D eigenvalue weighted by atomic mass is 9.98. The molecule has 1 aliphatic heterocycles. The lowest BCUT2D eigenvalue weighted by Gasteiger charge is -2.06. The van der Waals surface area contributed by atoms with Crippen molar-refractivity contribution in [3.05, 3.63) is 0 Å². The van der Waals surface area contributed by atoms with Crippen LogP contribution in [0.4, 0.5) is 0 Å². The summed E-state index contributed by atoms with van der Waals surface area (Å²) in [6, 6.07) is 0. The second-order valence-electron chi connectivity index (χ2n) is 3.68. The van der Waals surface area contributed by atoms with Gasteiger partial charge in [0.05, 0.1) is 12.2 Å². The van der Waals surface area contributed by atoms with Gasteiger partial charge in [0.1, 0.15) is 0 Å². The van der Waals surface area contributed by atoms with Gasteiger partial charge in [0.2, 0.25) is 0 Å². The average Bonchev–Trinajstić information content (AvgIpc) is 2.83. The number of nitrogens with one attached hydrogen (secondary N) is 1. The van der Waals surface area contributed by atoms with Gasteiger partial charge in [0.15, 0.2) is 0 Å². The van der Waals surface area contributed by atoms with Crippen LogP contribution in [0.25, 0.3) is 0 Å². The summed E-state index contributed by atoms with van der Waals surface area (Å²) in [4.78, 5) is 0. The predicted molar refractivity (Wildman–Crippen MR) is 54.4 cm³/mol. The van der Waals surface area contributed by atoms with Gasteiger partial charge in [-0.1, -0.05) is 6.42 Å². The number of ether oxygens (including phenoxy) is 1. The number of terminal acetylenes is 1. The molecule has 0 bridgehead atoms. The summed E-state index contributed by atoms with van der Waals surface area (Å²) in [5.74, 6) is 3.17. The largest absolute Gasteiger partial charge is 0.369 e. The molecule has 2 heteroatoms. The lowest BCUT2D eigenvalue weighted by molar-refractivity contribution is 0.337. The monoisotopic (exact) mass is 181 g/mol. The first-order valence-corrected chi connectivity index (χ1v) is 5.05. The van der Waals surface area contributed by atoms with Crippen LogP contribution in [0, 0.1) is 18.3 Å². The van der Waals surface area contributed by atoms with E-state index in [0.29, 0.717) is 18.1 Å². The SMILES string of the molecule is C#C[C@H](CCCCNC)[C@@H]1OC1C. The van der Waals surface area contributed by atoms with Crippen LogP contribution in [0.1, 0.15) is 26.2 Å². The highest BCUT2D eigenvalue weighted by Crippen LogP contribution is 2.31. The van der Waals surface area contributed by atoms with Crippen LogP contribution >= 0.6 is 0 Å². The molecular formula is C11H19NO. The Hall–Kier alpha value is -0.520. The molecule has 0 aromatic carbocycles. The van der Waals surface area contributed by atoms with E-state index in [1.54, 1.807) is 0 Å². The highest BCUT2D eigenvalue weighted by molar-refractivity contribution is 5.03. The molecule has 74 valence electrons. The van der Waals surface area contributed by atoms with Crippen molar-refractivity contribution in [1.29, 1.82) is 0 Å². The number of unbranched alkanes of at least 4 members (excludes halogenated alkanes) is 1. The van der Waals surface area contributed by atoms with Crippen LogP contribution in [0.15, 0.2) is 0 Å². The Morgan fingerprint density at radius 1 is 1.54 bits per heavy atom. The van der Waals surface area contributed by atoms with Crippen LogP contribution in [0.5, 0.6) is 0 Å². The molecule has 1 heterocycles. The van der Waals surface area contributed by atoms with Gasteiger partial charge in [0.25, 0.3) is 0 Å². The summed E-state index contributed by atoms with van der Waals surface area (Å²) in [5.41, 5.74) is 0. The highest BCUT2D eigenvalue weighted by atomic mass is 16.6. The first-order valence-electron chi connectivity index (χ1n) is 5.05. The maximum absolute atomic E-state index is 5.45.